The van der Waals surface area contributed by atoms with E-state index in [2.05, 4.69) is 14.8 Å². The van der Waals surface area contributed by atoms with Crippen LogP contribution >= 0.6 is 0 Å². The van der Waals surface area contributed by atoms with Gasteiger partial charge in [0.25, 0.3) is 0 Å². The highest BCUT2D eigenvalue weighted by Gasteiger charge is 2.42. The van der Waals surface area contributed by atoms with E-state index in [0.29, 0.717) is 6.04 Å². The first kappa shape index (κ1) is 10.3. The normalized spacial score (nSPS) is 24.6. The van der Waals surface area contributed by atoms with Crippen LogP contribution < -0.4 is 5.73 Å². The van der Waals surface area contributed by atoms with Gasteiger partial charge in [0.2, 0.25) is 0 Å². The van der Waals surface area contributed by atoms with E-state index in [-0.39, 0.29) is 5.41 Å². The summed E-state index contributed by atoms with van der Waals surface area (Å²) < 4.78 is 2.32. The van der Waals surface area contributed by atoms with Crippen LogP contribution in [0.25, 0.3) is 0 Å². The van der Waals surface area contributed by atoms with Crippen molar-refractivity contribution in [1.29, 1.82) is 0 Å². The zero-order valence-corrected chi connectivity index (χ0v) is 9.73. The van der Waals surface area contributed by atoms with Gasteiger partial charge in [-0.3, -0.25) is 0 Å². The van der Waals surface area contributed by atoms with E-state index < -0.39 is 0 Å². The van der Waals surface area contributed by atoms with E-state index in [0.717, 1.165) is 12.4 Å². The first-order valence-corrected chi connectivity index (χ1v) is 6.46. The second-order valence-corrected chi connectivity index (χ2v) is 5.34. The average molecular weight is 220 g/mol. The molecule has 2 aliphatic rings. The first-order valence-electron chi connectivity index (χ1n) is 6.46. The van der Waals surface area contributed by atoms with E-state index in [1.54, 1.807) is 0 Å². The van der Waals surface area contributed by atoms with Crippen molar-refractivity contribution in [3.05, 3.63) is 12.2 Å². The van der Waals surface area contributed by atoms with E-state index in [1.807, 2.05) is 6.33 Å². The van der Waals surface area contributed by atoms with Crippen molar-refractivity contribution in [3.63, 3.8) is 0 Å². The minimum atomic E-state index is 0.152. The molecule has 2 aliphatic carbocycles. The molecular weight excluding hydrogens is 200 g/mol. The number of nitrogens with two attached hydrogens (primary N) is 1. The van der Waals surface area contributed by atoms with Crippen molar-refractivity contribution in [2.24, 2.45) is 5.73 Å². The fourth-order valence-electron chi connectivity index (χ4n) is 3.19. The Balaban J connectivity index is 1.92. The number of hydrogen-bond donors (Lipinski definition) is 1. The van der Waals surface area contributed by atoms with Gasteiger partial charge >= 0.3 is 0 Å². The largest absolute Gasteiger partial charge is 0.329 e. The highest BCUT2D eigenvalue weighted by atomic mass is 15.3. The monoisotopic (exact) mass is 220 g/mol. The Morgan fingerprint density at radius 3 is 2.62 bits per heavy atom. The second kappa shape index (κ2) is 3.84. The summed E-state index contributed by atoms with van der Waals surface area (Å²) in [5.74, 6) is 1.16. The van der Waals surface area contributed by atoms with Crippen molar-refractivity contribution in [2.45, 2.75) is 56.4 Å². The third-order valence-corrected chi connectivity index (χ3v) is 4.47. The second-order valence-electron chi connectivity index (χ2n) is 5.34. The molecule has 0 aliphatic heterocycles. The van der Waals surface area contributed by atoms with Crippen LogP contribution in [0.3, 0.4) is 0 Å². The Hall–Kier alpha value is -0.900. The van der Waals surface area contributed by atoms with Gasteiger partial charge in [-0.15, -0.1) is 10.2 Å². The van der Waals surface area contributed by atoms with Gasteiger partial charge in [0.15, 0.2) is 0 Å². The standard InChI is InChI=1S/C12H20N4/c13-8-12(6-3-7-12)11-15-14-9-16(11)10-4-1-2-5-10/h9-10H,1-8,13H2. The van der Waals surface area contributed by atoms with Gasteiger partial charge in [-0.2, -0.15) is 0 Å². The zero-order chi connectivity index (χ0) is 11.0. The molecule has 1 heterocycles. The molecule has 2 N–H and O–H groups in total. The summed E-state index contributed by atoms with van der Waals surface area (Å²) in [6, 6.07) is 0.633. The lowest BCUT2D eigenvalue weighted by molar-refractivity contribution is 0.224. The van der Waals surface area contributed by atoms with Crippen LogP contribution in [-0.2, 0) is 5.41 Å². The maximum absolute atomic E-state index is 5.95. The number of nitrogens with zero attached hydrogens (tertiary/aromatic N) is 3. The molecule has 2 saturated carbocycles. The maximum atomic E-state index is 5.95. The molecule has 4 heteroatoms. The van der Waals surface area contributed by atoms with Gasteiger partial charge in [0.05, 0.1) is 0 Å². The highest BCUT2D eigenvalue weighted by molar-refractivity contribution is 5.15. The molecule has 4 nitrogen and oxygen atoms in total. The Morgan fingerprint density at radius 1 is 1.31 bits per heavy atom. The minimum Gasteiger partial charge on any atom is -0.329 e. The Labute approximate surface area is 96.2 Å². The van der Waals surface area contributed by atoms with Gasteiger partial charge in [-0.1, -0.05) is 19.3 Å². The van der Waals surface area contributed by atoms with E-state index in [9.17, 15) is 0 Å². The predicted molar refractivity (Wildman–Crippen MR) is 62.1 cm³/mol. The fraction of sp³-hybridized carbons (Fsp3) is 0.833. The SMILES string of the molecule is NCC1(c2nncn2C2CCCC2)CCC1. The van der Waals surface area contributed by atoms with Crippen molar-refractivity contribution in [3.8, 4) is 0 Å². The van der Waals surface area contributed by atoms with Crippen molar-refractivity contribution >= 4 is 0 Å². The number of rotatable bonds is 3. The minimum absolute atomic E-state index is 0.152. The van der Waals surface area contributed by atoms with Crippen LogP contribution in [0.5, 0.6) is 0 Å². The van der Waals surface area contributed by atoms with Crippen LogP contribution in [-0.4, -0.2) is 21.3 Å². The summed E-state index contributed by atoms with van der Waals surface area (Å²) in [7, 11) is 0. The molecule has 0 amide bonds. The summed E-state index contributed by atoms with van der Waals surface area (Å²) in [6.45, 7) is 0.721. The smallest absolute Gasteiger partial charge is 0.140 e. The van der Waals surface area contributed by atoms with E-state index in [4.69, 9.17) is 5.73 Å². The summed E-state index contributed by atoms with van der Waals surface area (Å²) in [5.41, 5.74) is 6.10. The van der Waals surface area contributed by atoms with Gasteiger partial charge in [0.1, 0.15) is 12.2 Å². The van der Waals surface area contributed by atoms with Crippen molar-refractivity contribution < 1.29 is 0 Å². The Morgan fingerprint density at radius 2 is 2.06 bits per heavy atom. The van der Waals surface area contributed by atoms with Crippen LogP contribution in [0.15, 0.2) is 6.33 Å². The molecule has 2 fully saturated rings. The van der Waals surface area contributed by atoms with Gasteiger partial charge in [0, 0.05) is 18.0 Å². The summed E-state index contributed by atoms with van der Waals surface area (Å²) >= 11 is 0. The molecule has 3 rings (SSSR count). The molecule has 0 aromatic carbocycles. The summed E-state index contributed by atoms with van der Waals surface area (Å²) in [4.78, 5) is 0. The lowest BCUT2D eigenvalue weighted by atomic mass is 9.68. The van der Waals surface area contributed by atoms with Gasteiger partial charge in [-0.25, -0.2) is 0 Å². The summed E-state index contributed by atoms with van der Waals surface area (Å²) in [6.07, 6.45) is 10.8. The molecule has 88 valence electrons. The molecule has 0 bridgehead atoms. The zero-order valence-electron chi connectivity index (χ0n) is 9.73. The third kappa shape index (κ3) is 1.39. The third-order valence-electron chi connectivity index (χ3n) is 4.47. The molecule has 0 saturated heterocycles. The molecule has 0 unspecified atom stereocenters. The summed E-state index contributed by atoms with van der Waals surface area (Å²) in [5, 5.41) is 8.48. The molecule has 0 spiro atoms. The Bertz CT molecular complexity index is 355. The molecule has 16 heavy (non-hydrogen) atoms. The Kier molecular flexibility index (Phi) is 2.46. The van der Waals surface area contributed by atoms with Crippen LogP contribution in [0, 0.1) is 0 Å². The van der Waals surface area contributed by atoms with Crippen molar-refractivity contribution in [1.82, 2.24) is 14.8 Å². The molecule has 1 aromatic heterocycles. The molecule has 0 radical (unpaired) electrons. The lowest BCUT2D eigenvalue weighted by Gasteiger charge is -2.40. The number of aromatic nitrogens is 3. The predicted octanol–water partition coefficient (Wildman–Crippen LogP) is 1.77. The number of hydrogen-bond acceptors (Lipinski definition) is 3. The fourth-order valence-corrected chi connectivity index (χ4v) is 3.19. The molecule has 1 aromatic rings. The topological polar surface area (TPSA) is 56.7 Å². The van der Waals surface area contributed by atoms with E-state index in [1.165, 1.54) is 44.9 Å². The lowest BCUT2D eigenvalue weighted by Crippen LogP contribution is -2.44. The van der Waals surface area contributed by atoms with Gasteiger partial charge in [-0.05, 0) is 25.7 Å². The van der Waals surface area contributed by atoms with Crippen LogP contribution in [0.4, 0.5) is 0 Å². The van der Waals surface area contributed by atoms with Gasteiger partial charge < -0.3 is 10.3 Å². The average Bonchev–Trinajstić information content (AvgIpc) is 2.85. The molecular formula is C12H20N4. The van der Waals surface area contributed by atoms with Crippen LogP contribution in [0.2, 0.25) is 0 Å². The quantitative estimate of drug-likeness (QED) is 0.844. The maximum Gasteiger partial charge on any atom is 0.140 e. The highest BCUT2D eigenvalue weighted by Crippen LogP contribution is 2.43. The first-order chi connectivity index (χ1) is 7.86. The molecule has 0 atom stereocenters. The van der Waals surface area contributed by atoms with Crippen molar-refractivity contribution in [2.75, 3.05) is 6.54 Å². The van der Waals surface area contributed by atoms with Crippen LogP contribution in [0.1, 0.15) is 56.8 Å². The van der Waals surface area contributed by atoms with E-state index >= 15 is 0 Å².